The maximum Gasteiger partial charge on any atom is 0.313 e. The predicted octanol–water partition coefficient (Wildman–Crippen LogP) is 3.21. The predicted molar refractivity (Wildman–Crippen MR) is 165 cm³/mol. The van der Waals surface area contributed by atoms with Crippen LogP contribution in [0.25, 0.3) is 0 Å². The van der Waals surface area contributed by atoms with Gasteiger partial charge in [0.2, 0.25) is 17.7 Å². The van der Waals surface area contributed by atoms with E-state index in [1.807, 2.05) is 53.5 Å². The maximum atomic E-state index is 14.6. The maximum absolute atomic E-state index is 14.6. The summed E-state index contributed by atoms with van der Waals surface area (Å²) in [4.78, 5) is 59.7. The van der Waals surface area contributed by atoms with Crippen LogP contribution in [0.2, 0.25) is 0 Å². The summed E-state index contributed by atoms with van der Waals surface area (Å²) in [6, 6.07) is 7.92. The number of fused-ring (bicyclic) bond motifs is 2. The van der Waals surface area contributed by atoms with Crippen LogP contribution in [0.15, 0.2) is 54.6 Å². The lowest BCUT2D eigenvalue weighted by Gasteiger charge is -2.39. The van der Waals surface area contributed by atoms with Crippen LogP contribution in [0, 0.1) is 11.8 Å². The summed E-state index contributed by atoms with van der Waals surface area (Å²) < 4.78 is 13.0. The normalized spacial score (nSPS) is 35.0. The molecule has 5 aliphatic rings. The van der Waals surface area contributed by atoms with Gasteiger partial charge in [-0.25, -0.2) is 0 Å². The molecule has 0 radical (unpaired) electrons. The molecule has 3 fully saturated rings. The van der Waals surface area contributed by atoms with E-state index in [2.05, 4.69) is 5.32 Å². The minimum atomic E-state index is -1.35. The zero-order chi connectivity index (χ0) is 31.6. The molecule has 4 aliphatic heterocycles. The van der Waals surface area contributed by atoms with Gasteiger partial charge in [0.25, 0.3) is 0 Å². The Labute approximate surface area is 264 Å². The third kappa shape index (κ3) is 5.94. The zero-order valence-corrected chi connectivity index (χ0v) is 26.0. The Kier molecular flexibility index (Phi) is 9.42. The Hall–Kier alpha value is -3.50. The lowest BCUT2D eigenvalue weighted by atomic mass is 9.77. The van der Waals surface area contributed by atoms with Gasteiger partial charge in [-0.15, -0.1) is 0 Å². The second kappa shape index (κ2) is 13.5. The van der Waals surface area contributed by atoms with Crippen LogP contribution in [0.3, 0.4) is 0 Å². The van der Waals surface area contributed by atoms with Crippen LogP contribution in [-0.4, -0.2) is 88.1 Å². The minimum absolute atomic E-state index is 0.0166. The number of ether oxygens (including phenoxy) is 2. The number of hydrogen-bond acceptors (Lipinski definition) is 7. The first-order valence-corrected chi connectivity index (χ1v) is 16.6. The SMILES string of the molecule is C[C@H]1NC(=O)CC/C=C\[C@H]2O[C@]34C=CCN(C5CCCCC5)C(=O)[C@H]3N(CCCCO)C(=O)[C@@H]4[C@H]2C(=O)O[C@@H]1c1ccccc1. The van der Waals surface area contributed by atoms with Gasteiger partial charge in [-0.3, -0.25) is 19.2 Å². The van der Waals surface area contributed by atoms with E-state index in [-0.39, 0.29) is 43.3 Å². The molecule has 10 heteroatoms. The Balaban J connectivity index is 1.40. The average molecular weight is 620 g/mol. The summed E-state index contributed by atoms with van der Waals surface area (Å²) in [6.07, 6.45) is 12.6. The molecular weight excluding hydrogens is 574 g/mol. The van der Waals surface area contributed by atoms with Crippen molar-refractivity contribution in [3.63, 3.8) is 0 Å². The van der Waals surface area contributed by atoms with E-state index in [0.717, 1.165) is 37.7 Å². The summed E-state index contributed by atoms with van der Waals surface area (Å²) >= 11 is 0. The monoisotopic (exact) mass is 619 g/mol. The summed E-state index contributed by atoms with van der Waals surface area (Å²) in [6.45, 7) is 2.49. The lowest BCUT2D eigenvalue weighted by Crippen LogP contribution is -2.57. The molecule has 1 saturated carbocycles. The molecule has 2 saturated heterocycles. The minimum Gasteiger partial charge on any atom is -0.455 e. The first-order chi connectivity index (χ1) is 21.9. The van der Waals surface area contributed by atoms with Crippen molar-refractivity contribution in [1.29, 1.82) is 0 Å². The van der Waals surface area contributed by atoms with Gasteiger partial charge in [-0.1, -0.05) is 73.9 Å². The summed E-state index contributed by atoms with van der Waals surface area (Å²) in [7, 11) is 0. The third-order valence-electron chi connectivity index (χ3n) is 10.2. The number of hydrogen-bond donors (Lipinski definition) is 2. The van der Waals surface area contributed by atoms with Crippen molar-refractivity contribution in [2.24, 2.45) is 11.8 Å². The molecule has 2 N–H and O–H groups in total. The molecule has 3 amide bonds. The largest absolute Gasteiger partial charge is 0.455 e. The fourth-order valence-electron chi connectivity index (χ4n) is 8.08. The van der Waals surface area contributed by atoms with Crippen molar-refractivity contribution in [2.45, 2.75) is 101 Å². The van der Waals surface area contributed by atoms with Crippen molar-refractivity contribution in [1.82, 2.24) is 15.1 Å². The number of rotatable bonds is 6. The third-order valence-corrected chi connectivity index (χ3v) is 10.2. The number of cyclic esters (lactones) is 1. The Bertz CT molecular complexity index is 1330. The zero-order valence-electron chi connectivity index (χ0n) is 26.0. The van der Waals surface area contributed by atoms with Crippen LogP contribution >= 0.6 is 0 Å². The Morgan fingerprint density at radius 1 is 1.00 bits per heavy atom. The number of amides is 3. The van der Waals surface area contributed by atoms with Gasteiger partial charge in [0.1, 0.15) is 23.7 Å². The number of unbranched alkanes of at least 4 members (excludes halogenated alkanes) is 1. The van der Waals surface area contributed by atoms with Crippen LogP contribution in [0.1, 0.15) is 76.4 Å². The van der Waals surface area contributed by atoms with Crippen LogP contribution in [0.4, 0.5) is 0 Å². The average Bonchev–Trinajstić information content (AvgIpc) is 3.42. The topological polar surface area (TPSA) is 125 Å². The number of nitrogens with one attached hydrogen (secondary N) is 1. The van der Waals surface area contributed by atoms with Crippen molar-refractivity contribution >= 4 is 23.7 Å². The van der Waals surface area contributed by atoms with Gasteiger partial charge >= 0.3 is 5.97 Å². The van der Waals surface area contributed by atoms with Crippen molar-refractivity contribution in [2.75, 3.05) is 19.7 Å². The smallest absolute Gasteiger partial charge is 0.313 e. The number of benzene rings is 1. The van der Waals surface area contributed by atoms with Crippen LogP contribution in [0.5, 0.6) is 0 Å². The second-order valence-corrected chi connectivity index (χ2v) is 13.1. The van der Waals surface area contributed by atoms with Gasteiger partial charge < -0.3 is 29.7 Å². The summed E-state index contributed by atoms with van der Waals surface area (Å²) in [5.41, 5.74) is -0.622. The lowest BCUT2D eigenvalue weighted by molar-refractivity contribution is -0.161. The standard InChI is InChI=1S/C35H45N3O7/c1-23-30(24-13-4-2-5-14-24)44-34(43)28-26(17-8-9-18-27(40)36-23)45-35-19-12-21-37(25-15-6-3-7-16-25)33(42)31(35)38(20-10-11-22-39)32(41)29(28)35/h2,4-5,8,12-14,17,19,23,25-26,28-31,39H,3,6-7,9-11,15-16,18,20-22H2,1H3,(H,36,40)/b17-8-/t23-,26-,28+,29+,30+,31-,35+/m1/s1. The van der Waals surface area contributed by atoms with Crippen molar-refractivity contribution in [3.05, 3.63) is 60.2 Å². The Morgan fingerprint density at radius 2 is 1.78 bits per heavy atom. The molecular formula is C35H45N3O7. The van der Waals surface area contributed by atoms with E-state index in [1.165, 1.54) is 0 Å². The van der Waals surface area contributed by atoms with E-state index >= 15 is 0 Å². The number of nitrogens with zero attached hydrogens (tertiary/aromatic N) is 2. The molecule has 45 heavy (non-hydrogen) atoms. The molecule has 4 heterocycles. The highest BCUT2D eigenvalue weighted by Crippen LogP contribution is 2.53. The molecule has 242 valence electrons. The summed E-state index contributed by atoms with van der Waals surface area (Å²) in [5, 5.41) is 12.5. The first-order valence-electron chi connectivity index (χ1n) is 16.6. The van der Waals surface area contributed by atoms with E-state index in [0.29, 0.717) is 25.8 Å². The van der Waals surface area contributed by atoms with Gasteiger partial charge in [0, 0.05) is 32.2 Å². The number of carbonyl (C=O) groups excluding carboxylic acids is 4. The van der Waals surface area contributed by atoms with Crippen LogP contribution in [-0.2, 0) is 28.7 Å². The van der Waals surface area contributed by atoms with Gasteiger partial charge in [-0.05, 0) is 44.6 Å². The summed E-state index contributed by atoms with van der Waals surface area (Å²) in [5.74, 6) is -3.16. The molecule has 1 spiro atoms. The fraction of sp³-hybridized carbons (Fsp3) is 0.600. The highest BCUT2D eigenvalue weighted by Gasteiger charge is 2.72. The molecule has 6 rings (SSSR count). The number of aliphatic hydroxyl groups excluding tert-OH is 1. The highest BCUT2D eigenvalue weighted by atomic mass is 16.6. The van der Waals surface area contributed by atoms with Gasteiger partial charge in [-0.2, -0.15) is 0 Å². The number of aliphatic hydroxyl groups is 1. The number of allylic oxidation sites excluding steroid dienone is 1. The van der Waals surface area contributed by atoms with Crippen molar-refractivity contribution < 1.29 is 33.8 Å². The molecule has 0 unspecified atom stereocenters. The van der Waals surface area contributed by atoms with E-state index in [1.54, 1.807) is 17.9 Å². The number of carbonyl (C=O) groups is 4. The fourth-order valence-corrected chi connectivity index (χ4v) is 8.08. The molecule has 1 aromatic rings. The quantitative estimate of drug-likeness (QED) is 0.285. The molecule has 7 atom stereocenters. The van der Waals surface area contributed by atoms with Crippen molar-refractivity contribution in [3.8, 4) is 0 Å². The number of likely N-dealkylation sites (tertiary alicyclic amines) is 1. The highest BCUT2D eigenvalue weighted by molar-refractivity contribution is 5.99. The Morgan fingerprint density at radius 3 is 2.53 bits per heavy atom. The molecule has 1 aromatic carbocycles. The van der Waals surface area contributed by atoms with E-state index < -0.39 is 47.7 Å². The molecule has 0 aromatic heterocycles. The second-order valence-electron chi connectivity index (χ2n) is 13.1. The first kappa shape index (κ1) is 31.5. The van der Waals surface area contributed by atoms with Gasteiger partial charge in [0.15, 0.2) is 0 Å². The number of esters is 1. The molecule has 1 aliphatic carbocycles. The molecule has 10 nitrogen and oxygen atoms in total. The van der Waals surface area contributed by atoms with E-state index in [9.17, 15) is 24.3 Å². The van der Waals surface area contributed by atoms with E-state index in [4.69, 9.17) is 9.47 Å². The van der Waals surface area contributed by atoms with Gasteiger partial charge in [0.05, 0.1) is 18.1 Å². The molecule has 0 bridgehead atoms. The van der Waals surface area contributed by atoms with Crippen LogP contribution < -0.4 is 5.32 Å².